The van der Waals surface area contributed by atoms with E-state index in [1.807, 2.05) is 0 Å². The second-order valence-corrected chi connectivity index (χ2v) is 19.0. The van der Waals surface area contributed by atoms with Crippen molar-refractivity contribution in [1.29, 1.82) is 0 Å². The third kappa shape index (κ3) is 26.4. The second kappa shape index (κ2) is 38.9. The summed E-state index contributed by atoms with van der Waals surface area (Å²) >= 11 is 0. The van der Waals surface area contributed by atoms with Crippen LogP contribution in [0, 0.1) is 11.8 Å². The third-order valence-corrected chi connectivity index (χ3v) is 13.7. The number of nitrogens with zero attached hydrogens (tertiary/aromatic N) is 1. The molecule has 2 unspecified atom stereocenters. The Bertz CT molecular complexity index is 888. The highest BCUT2D eigenvalue weighted by atomic mass is 16.5. The van der Waals surface area contributed by atoms with Gasteiger partial charge < -0.3 is 20.1 Å². The van der Waals surface area contributed by atoms with Gasteiger partial charge in [-0.05, 0) is 114 Å². The van der Waals surface area contributed by atoms with Crippen molar-refractivity contribution in [2.45, 2.75) is 272 Å². The molecule has 2 aliphatic carbocycles. The van der Waals surface area contributed by atoms with Crippen molar-refractivity contribution in [3.63, 3.8) is 0 Å². The van der Waals surface area contributed by atoms with E-state index in [4.69, 9.17) is 15.2 Å². The first-order chi connectivity index (χ1) is 28.7. The molecule has 342 valence electrons. The Hall–Kier alpha value is -1.00. The maximum absolute atomic E-state index is 6.76. The van der Waals surface area contributed by atoms with Gasteiger partial charge in [0.25, 0.3) is 0 Å². The normalized spacial score (nSPS) is 15.1. The molecule has 0 heterocycles. The minimum absolute atomic E-state index is 0.676. The molecular weight excluding hydrogens is 709 g/mol. The highest BCUT2D eigenvalue weighted by Gasteiger charge is 2.25. The molecular formula is C54H104N2O2. The molecule has 4 heteroatoms. The standard InChI is InChI=1S/C54H104N2O2/c1-5-9-13-17-19-27-37-49(35-25-15-11-7-3)53(51-39-33-40-51)57-47-31-23-21-29-44-56(46-43-55)45-30-22-24-32-48-58-54(52-41-34-42-52)50(36-26-16-12-8-4)38-28-20-18-14-10-6-2/h49-50H,5-48,55H2,1-4H3. The van der Waals surface area contributed by atoms with Crippen molar-refractivity contribution < 1.29 is 9.47 Å². The molecule has 0 aliphatic heterocycles. The van der Waals surface area contributed by atoms with Crippen LogP contribution in [0.15, 0.2) is 22.7 Å². The molecule has 0 amide bonds. The van der Waals surface area contributed by atoms with E-state index in [-0.39, 0.29) is 0 Å². The summed E-state index contributed by atoms with van der Waals surface area (Å²) in [7, 11) is 0. The summed E-state index contributed by atoms with van der Waals surface area (Å²) in [5.41, 5.74) is 9.43. The lowest BCUT2D eigenvalue weighted by Gasteiger charge is -2.29. The first kappa shape index (κ1) is 53.1. The molecule has 2 atom stereocenters. The van der Waals surface area contributed by atoms with Crippen LogP contribution in [0.1, 0.15) is 272 Å². The molecule has 0 radical (unpaired) electrons. The van der Waals surface area contributed by atoms with Gasteiger partial charge in [-0.3, -0.25) is 0 Å². The van der Waals surface area contributed by atoms with Gasteiger partial charge in [0.05, 0.1) is 24.7 Å². The molecule has 2 fully saturated rings. The van der Waals surface area contributed by atoms with Crippen LogP contribution in [-0.4, -0.2) is 44.3 Å². The van der Waals surface area contributed by atoms with Gasteiger partial charge in [-0.15, -0.1) is 0 Å². The summed E-state index contributed by atoms with van der Waals surface area (Å²) in [5, 5.41) is 0. The minimum atomic E-state index is 0.676. The number of unbranched alkanes of at least 4 members (excludes halogenated alkanes) is 22. The van der Waals surface area contributed by atoms with Crippen molar-refractivity contribution in [2.24, 2.45) is 17.6 Å². The molecule has 2 N–H and O–H groups in total. The lowest BCUT2D eigenvalue weighted by Crippen LogP contribution is -2.31. The molecule has 2 saturated carbocycles. The highest BCUT2D eigenvalue weighted by molar-refractivity contribution is 5.18. The van der Waals surface area contributed by atoms with Gasteiger partial charge in [-0.25, -0.2) is 0 Å². The third-order valence-electron chi connectivity index (χ3n) is 13.7. The maximum Gasteiger partial charge on any atom is 0.0982 e. The second-order valence-electron chi connectivity index (χ2n) is 19.0. The maximum atomic E-state index is 6.76. The number of nitrogens with two attached hydrogens (primary N) is 1. The topological polar surface area (TPSA) is 47.7 Å². The Labute approximate surface area is 364 Å². The van der Waals surface area contributed by atoms with Crippen molar-refractivity contribution in [1.82, 2.24) is 4.90 Å². The van der Waals surface area contributed by atoms with Crippen LogP contribution in [0.5, 0.6) is 0 Å². The molecule has 4 nitrogen and oxygen atoms in total. The number of allylic oxidation sites excluding steroid dienone is 4. The van der Waals surface area contributed by atoms with Gasteiger partial charge in [0.2, 0.25) is 0 Å². The van der Waals surface area contributed by atoms with Crippen LogP contribution >= 0.6 is 0 Å². The van der Waals surface area contributed by atoms with Crippen LogP contribution in [0.25, 0.3) is 0 Å². The lowest BCUT2D eigenvalue weighted by molar-refractivity contribution is 0.152. The van der Waals surface area contributed by atoms with E-state index < -0.39 is 0 Å². The summed E-state index contributed by atoms with van der Waals surface area (Å²) in [6.07, 6.45) is 51.1. The van der Waals surface area contributed by atoms with Crippen molar-refractivity contribution in [3.05, 3.63) is 22.7 Å². The fourth-order valence-electron chi connectivity index (χ4n) is 9.47. The predicted octanol–water partition coefficient (Wildman–Crippen LogP) is 17.0. The zero-order valence-electron chi connectivity index (χ0n) is 40.1. The zero-order valence-corrected chi connectivity index (χ0v) is 40.1. The fraction of sp³-hybridized carbons (Fsp3) is 0.926. The molecule has 0 saturated heterocycles. The number of hydrogen-bond donors (Lipinski definition) is 1. The van der Waals surface area contributed by atoms with E-state index in [0.29, 0.717) is 11.8 Å². The predicted molar refractivity (Wildman–Crippen MR) is 257 cm³/mol. The molecule has 2 rings (SSSR count). The Balaban J connectivity index is 1.67. The first-order valence-corrected chi connectivity index (χ1v) is 26.8. The molecule has 58 heavy (non-hydrogen) atoms. The first-order valence-electron chi connectivity index (χ1n) is 26.8. The van der Waals surface area contributed by atoms with Gasteiger partial charge in [0.1, 0.15) is 0 Å². The van der Waals surface area contributed by atoms with Crippen LogP contribution in [-0.2, 0) is 9.47 Å². The average molecular weight is 813 g/mol. The van der Waals surface area contributed by atoms with E-state index in [1.54, 1.807) is 11.1 Å². The van der Waals surface area contributed by atoms with Crippen LogP contribution < -0.4 is 5.73 Å². The average Bonchev–Trinajstić information content (AvgIpc) is 3.19. The van der Waals surface area contributed by atoms with E-state index >= 15 is 0 Å². The van der Waals surface area contributed by atoms with Crippen LogP contribution in [0.3, 0.4) is 0 Å². The minimum Gasteiger partial charge on any atom is -0.498 e. The quantitative estimate of drug-likeness (QED) is 0.0492. The Kier molecular flexibility index (Phi) is 35.6. The fourth-order valence-corrected chi connectivity index (χ4v) is 9.47. The van der Waals surface area contributed by atoms with Gasteiger partial charge in [-0.2, -0.15) is 0 Å². The summed E-state index contributed by atoms with van der Waals surface area (Å²) < 4.78 is 13.5. The Morgan fingerprint density at radius 3 is 1.05 bits per heavy atom. The van der Waals surface area contributed by atoms with Gasteiger partial charge in [0, 0.05) is 24.9 Å². The van der Waals surface area contributed by atoms with Crippen molar-refractivity contribution >= 4 is 0 Å². The van der Waals surface area contributed by atoms with Gasteiger partial charge >= 0.3 is 0 Å². The molecule has 0 spiro atoms. The SMILES string of the molecule is CCCCCCCCC(CCCCCC)C(OCCCCCCN(CCN)CCCCCCOC(=C1CCC1)C(CCCCCC)CCCCCCCC)=C1CCC1. The molecule has 0 aromatic heterocycles. The lowest BCUT2D eigenvalue weighted by atomic mass is 9.83. The molecule has 0 aromatic carbocycles. The Morgan fingerprint density at radius 1 is 0.414 bits per heavy atom. The van der Waals surface area contributed by atoms with Crippen molar-refractivity contribution in [2.75, 3.05) is 39.4 Å². The van der Waals surface area contributed by atoms with Crippen LogP contribution in [0.4, 0.5) is 0 Å². The number of rotatable bonds is 44. The smallest absolute Gasteiger partial charge is 0.0982 e. The number of hydrogen-bond acceptors (Lipinski definition) is 4. The number of ether oxygens (including phenoxy) is 2. The summed E-state index contributed by atoms with van der Waals surface area (Å²) in [4.78, 5) is 2.64. The van der Waals surface area contributed by atoms with Gasteiger partial charge in [0.15, 0.2) is 0 Å². The van der Waals surface area contributed by atoms with E-state index in [9.17, 15) is 0 Å². The van der Waals surface area contributed by atoms with Crippen molar-refractivity contribution in [3.8, 4) is 0 Å². The molecule has 0 aromatic rings. The summed E-state index contributed by atoms with van der Waals surface area (Å²) in [5.74, 6) is 4.27. The van der Waals surface area contributed by atoms with E-state index in [1.165, 1.54) is 269 Å². The van der Waals surface area contributed by atoms with E-state index in [2.05, 4.69) is 32.6 Å². The monoisotopic (exact) mass is 813 g/mol. The van der Waals surface area contributed by atoms with Crippen LogP contribution in [0.2, 0.25) is 0 Å². The largest absolute Gasteiger partial charge is 0.498 e. The summed E-state index contributed by atoms with van der Waals surface area (Å²) in [6, 6.07) is 0. The summed E-state index contributed by atoms with van der Waals surface area (Å²) in [6.45, 7) is 15.4. The van der Waals surface area contributed by atoms with Gasteiger partial charge in [-0.1, -0.05) is 182 Å². The molecule has 0 bridgehead atoms. The molecule has 2 aliphatic rings. The zero-order chi connectivity index (χ0) is 41.6. The highest BCUT2D eigenvalue weighted by Crippen LogP contribution is 2.38. The Morgan fingerprint density at radius 2 is 0.724 bits per heavy atom. The van der Waals surface area contributed by atoms with E-state index in [0.717, 1.165) is 26.3 Å².